The number of ether oxygens (including phenoxy) is 2. The molecule has 1 amide bonds. The van der Waals surface area contributed by atoms with E-state index in [1.165, 1.54) is 11.3 Å². The van der Waals surface area contributed by atoms with Gasteiger partial charge in [0.05, 0.1) is 25.6 Å². The molecular formula is C20H30N4O3. The van der Waals surface area contributed by atoms with Crippen LogP contribution in [0.5, 0.6) is 11.5 Å². The average molecular weight is 374 g/mol. The van der Waals surface area contributed by atoms with Crippen LogP contribution in [0, 0.1) is 13.8 Å². The van der Waals surface area contributed by atoms with Crippen molar-refractivity contribution in [1.29, 1.82) is 0 Å². The van der Waals surface area contributed by atoms with E-state index >= 15 is 0 Å². The summed E-state index contributed by atoms with van der Waals surface area (Å²) in [6.07, 6.45) is 1.27. The zero-order valence-corrected chi connectivity index (χ0v) is 17.0. The maximum atomic E-state index is 12.3. The predicted octanol–water partition coefficient (Wildman–Crippen LogP) is 2.60. The third kappa shape index (κ3) is 5.47. The highest BCUT2D eigenvalue weighted by atomic mass is 16.5. The molecule has 27 heavy (non-hydrogen) atoms. The van der Waals surface area contributed by atoms with E-state index in [1.807, 2.05) is 25.6 Å². The molecule has 0 radical (unpaired) electrons. The van der Waals surface area contributed by atoms with Gasteiger partial charge in [0.1, 0.15) is 11.5 Å². The van der Waals surface area contributed by atoms with Gasteiger partial charge in [-0.3, -0.25) is 9.48 Å². The van der Waals surface area contributed by atoms with E-state index in [2.05, 4.69) is 22.7 Å². The Kier molecular flexibility index (Phi) is 7.24. The van der Waals surface area contributed by atoms with E-state index in [4.69, 9.17) is 9.47 Å². The average Bonchev–Trinajstić information content (AvgIpc) is 2.87. The molecule has 2 aromatic rings. The van der Waals surface area contributed by atoms with Crippen LogP contribution in [0.25, 0.3) is 0 Å². The number of anilines is 1. The first kappa shape index (κ1) is 20.8. The number of aromatic nitrogens is 2. The minimum atomic E-state index is -0.0628. The first-order valence-corrected chi connectivity index (χ1v) is 9.10. The molecule has 0 aliphatic rings. The second kappa shape index (κ2) is 9.41. The summed E-state index contributed by atoms with van der Waals surface area (Å²) in [6.45, 7) is 6.91. The van der Waals surface area contributed by atoms with Crippen molar-refractivity contribution in [2.75, 3.05) is 26.1 Å². The van der Waals surface area contributed by atoms with Crippen molar-refractivity contribution in [1.82, 2.24) is 15.1 Å². The second-order valence-corrected chi connectivity index (χ2v) is 6.70. The number of amides is 1. The van der Waals surface area contributed by atoms with Crippen LogP contribution in [0.2, 0.25) is 0 Å². The van der Waals surface area contributed by atoms with E-state index < -0.39 is 0 Å². The Balaban J connectivity index is 1.83. The minimum absolute atomic E-state index is 0.0616. The van der Waals surface area contributed by atoms with Crippen LogP contribution in [0.4, 0.5) is 5.69 Å². The van der Waals surface area contributed by atoms with Gasteiger partial charge in [-0.05, 0) is 51.4 Å². The van der Waals surface area contributed by atoms with Gasteiger partial charge in [-0.15, -0.1) is 0 Å². The Labute approximate surface area is 161 Å². The van der Waals surface area contributed by atoms with E-state index in [9.17, 15) is 4.79 Å². The molecule has 0 aliphatic heterocycles. The van der Waals surface area contributed by atoms with E-state index in [0.29, 0.717) is 23.6 Å². The van der Waals surface area contributed by atoms with Gasteiger partial charge in [0.2, 0.25) is 5.91 Å². The molecule has 0 bridgehead atoms. The number of hydrogen-bond donors (Lipinski definition) is 2. The first-order valence-electron chi connectivity index (χ1n) is 9.10. The summed E-state index contributed by atoms with van der Waals surface area (Å²) in [4.78, 5) is 12.3. The summed E-state index contributed by atoms with van der Waals surface area (Å²) in [7, 11) is 5.12. The molecule has 2 N–H and O–H groups in total. The number of hydrogen-bond acceptors (Lipinski definition) is 5. The lowest BCUT2D eigenvalue weighted by Crippen LogP contribution is -2.32. The fraction of sp³-hybridized carbons (Fsp3) is 0.500. The van der Waals surface area contributed by atoms with Gasteiger partial charge in [0.25, 0.3) is 0 Å². The summed E-state index contributed by atoms with van der Waals surface area (Å²) < 4.78 is 12.4. The molecule has 1 aromatic carbocycles. The summed E-state index contributed by atoms with van der Waals surface area (Å²) in [6, 6.07) is 5.38. The van der Waals surface area contributed by atoms with Crippen LogP contribution in [0.1, 0.15) is 30.3 Å². The molecule has 1 heterocycles. The van der Waals surface area contributed by atoms with Gasteiger partial charge in [0.15, 0.2) is 0 Å². The lowest BCUT2D eigenvalue weighted by atomic mass is 10.1. The molecule has 0 aliphatic carbocycles. The normalized spacial score (nSPS) is 11.9. The zero-order chi connectivity index (χ0) is 20.0. The van der Waals surface area contributed by atoms with Gasteiger partial charge in [-0.25, -0.2) is 0 Å². The molecule has 1 atom stereocenters. The van der Waals surface area contributed by atoms with Crippen LogP contribution in [0.3, 0.4) is 0 Å². The summed E-state index contributed by atoms with van der Waals surface area (Å²) in [5.41, 5.74) is 4.15. The molecule has 0 spiro atoms. The monoisotopic (exact) mass is 374 g/mol. The van der Waals surface area contributed by atoms with Crippen LogP contribution in [0.15, 0.2) is 18.2 Å². The second-order valence-electron chi connectivity index (χ2n) is 6.70. The molecule has 0 saturated carbocycles. The van der Waals surface area contributed by atoms with Crippen LogP contribution in [-0.2, 0) is 18.3 Å². The Morgan fingerprint density at radius 2 is 2.00 bits per heavy atom. The minimum Gasteiger partial charge on any atom is -0.497 e. The number of nitrogens with zero attached hydrogens (tertiary/aromatic N) is 2. The largest absolute Gasteiger partial charge is 0.497 e. The number of methoxy groups -OCH3 is 2. The summed E-state index contributed by atoms with van der Waals surface area (Å²) in [5.74, 6) is 1.19. The van der Waals surface area contributed by atoms with Crippen molar-refractivity contribution in [3.8, 4) is 11.5 Å². The number of benzene rings is 1. The number of carbonyl (C=O) groups excluding carboxylic acids is 1. The van der Waals surface area contributed by atoms with Gasteiger partial charge >= 0.3 is 0 Å². The van der Waals surface area contributed by atoms with Gasteiger partial charge < -0.3 is 20.1 Å². The maximum absolute atomic E-state index is 12.3. The molecule has 7 nitrogen and oxygen atoms in total. The molecule has 0 saturated heterocycles. The Morgan fingerprint density at radius 3 is 2.59 bits per heavy atom. The van der Waals surface area contributed by atoms with Crippen molar-refractivity contribution in [3.05, 3.63) is 35.2 Å². The van der Waals surface area contributed by atoms with E-state index in [1.54, 1.807) is 32.4 Å². The molecular weight excluding hydrogens is 344 g/mol. The Bertz CT molecular complexity index is 786. The molecule has 0 fully saturated rings. The van der Waals surface area contributed by atoms with Crippen molar-refractivity contribution >= 4 is 11.6 Å². The van der Waals surface area contributed by atoms with Gasteiger partial charge in [-0.1, -0.05) is 0 Å². The summed E-state index contributed by atoms with van der Waals surface area (Å²) in [5, 5.41) is 10.7. The standard InChI is InChI=1S/C20H30N4O3/c1-13(21-10-9-17-14(2)23-24(4)15(17)3)11-20(25)22-18-8-7-16(26-5)12-19(18)27-6/h7-8,12-13,21H,9-11H2,1-6H3,(H,22,25). The molecule has 148 valence electrons. The van der Waals surface area contributed by atoms with Crippen molar-refractivity contribution < 1.29 is 14.3 Å². The van der Waals surface area contributed by atoms with Crippen molar-refractivity contribution in [2.24, 2.45) is 7.05 Å². The highest BCUT2D eigenvalue weighted by Crippen LogP contribution is 2.29. The number of nitrogens with one attached hydrogen (secondary N) is 2. The summed E-state index contributed by atoms with van der Waals surface area (Å²) >= 11 is 0. The molecule has 2 rings (SSSR count). The highest BCUT2D eigenvalue weighted by Gasteiger charge is 2.13. The van der Waals surface area contributed by atoms with Crippen molar-refractivity contribution in [2.45, 2.75) is 39.7 Å². The van der Waals surface area contributed by atoms with E-state index in [-0.39, 0.29) is 11.9 Å². The van der Waals surface area contributed by atoms with Gasteiger partial charge in [-0.2, -0.15) is 5.10 Å². The first-order chi connectivity index (χ1) is 12.8. The topological polar surface area (TPSA) is 77.4 Å². The lowest BCUT2D eigenvalue weighted by molar-refractivity contribution is -0.116. The van der Waals surface area contributed by atoms with E-state index in [0.717, 1.165) is 18.7 Å². The van der Waals surface area contributed by atoms with Crippen molar-refractivity contribution in [3.63, 3.8) is 0 Å². The van der Waals surface area contributed by atoms with Gasteiger partial charge in [0, 0.05) is 31.3 Å². The molecule has 1 unspecified atom stereocenters. The Morgan fingerprint density at radius 1 is 1.26 bits per heavy atom. The molecule has 7 heteroatoms. The number of rotatable bonds is 9. The molecule has 1 aromatic heterocycles. The third-order valence-corrected chi connectivity index (χ3v) is 4.70. The van der Waals surface area contributed by atoms with Crippen LogP contribution < -0.4 is 20.1 Å². The fourth-order valence-corrected chi connectivity index (χ4v) is 3.08. The third-order valence-electron chi connectivity index (χ3n) is 4.70. The number of carbonyl (C=O) groups is 1. The smallest absolute Gasteiger partial charge is 0.226 e. The maximum Gasteiger partial charge on any atom is 0.226 e. The Hall–Kier alpha value is -2.54. The number of aryl methyl sites for hydroxylation is 2. The predicted molar refractivity (Wildman–Crippen MR) is 107 cm³/mol. The van der Waals surface area contributed by atoms with Crippen LogP contribution in [-0.4, -0.2) is 42.5 Å². The zero-order valence-electron chi connectivity index (χ0n) is 17.0. The fourth-order valence-electron chi connectivity index (χ4n) is 3.08. The lowest BCUT2D eigenvalue weighted by Gasteiger charge is -2.15. The van der Waals surface area contributed by atoms with Crippen LogP contribution >= 0.6 is 0 Å². The highest BCUT2D eigenvalue weighted by molar-refractivity contribution is 5.92. The quantitative estimate of drug-likeness (QED) is 0.705. The SMILES string of the molecule is COc1ccc(NC(=O)CC(C)NCCc2c(C)nn(C)c2C)c(OC)c1.